The molecule has 0 bridgehead atoms. The van der Waals surface area contributed by atoms with Gasteiger partial charge in [0.1, 0.15) is 16.7 Å². The average Bonchev–Trinajstić information content (AvgIpc) is 2.39. The first kappa shape index (κ1) is 13.2. The van der Waals surface area contributed by atoms with Gasteiger partial charge in [0.05, 0.1) is 13.7 Å². The van der Waals surface area contributed by atoms with E-state index in [1.165, 1.54) is 7.11 Å². The number of fused-ring (bicyclic) bond motifs is 1. The molecule has 102 valence electrons. The Morgan fingerprint density at radius 2 is 2.16 bits per heavy atom. The molecular weight excluding hydrogens is 252 g/mol. The zero-order chi connectivity index (χ0) is 13.8. The summed E-state index contributed by atoms with van der Waals surface area (Å²) < 4.78 is 15.3. The molecule has 0 aliphatic heterocycles. The lowest BCUT2D eigenvalue weighted by Crippen LogP contribution is -2.05. The van der Waals surface area contributed by atoms with Gasteiger partial charge in [-0.15, -0.1) is 0 Å². The van der Waals surface area contributed by atoms with Gasteiger partial charge in [-0.1, -0.05) is 6.07 Å². The normalized spacial score (nSPS) is 10.6. The van der Waals surface area contributed by atoms with Crippen molar-refractivity contribution in [1.29, 1.82) is 0 Å². The van der Waals surface area contributed by atoms with E-state index in [-0.39, 0.29) is 35.7 Å². The van der Waals surface area contributed by atoms with E-state index in [2.05, 4.69) is 0 Å². The minimum absolute atomic E-state index is 0.00908. The third-order valence-electron chi connectivity index (χ3n) is 2.59. The third-order valence-corrected chi connectivity index (χ3v) is 2.59. The highest BCUT2D eigenvalue weighted by atomic mass is 16.5. The van der Waals surface area contributed by atoms with E-state index in [1.807, 2.05) is 0 Å². The molecule has 2 aromatic rings. The van der Waals surface area contributed by atoms with E-state index in [1.54, 1.807) is 18.2 Å². The Labute approximate surface area is 108 Å². The maximum atomic E-state index is 11.5. The highest BCUT2D eigenvalue weighted by Crippen LogP contribution is 2.37. The molecule has 0 spiro atoms. The van der Waals surface area contributed by atoms with E-state index < -0.39 is 5.63 Å². The molecule has 0 atom stereocenters. The number of aromatic hydroxyl groups is 1. The molecule has 0 fully saturated rings. The van der Waals surface area contributed by atoms with E-state index in [9.17, 15) is 9.90 Å². The Hall–Kier alpha value is -2.21. The zero-order valence-electron chi connectivity index (χ0n) is 10.4. The van der Waals surface area contributed by atoms with Gasteiger partial charge in [-0.25, -0.2) is 4.79 Å². The number of methoxy groups -OCH3 is 1. The summed E-state index contributed by atoms with van der Waals surface area (Å²) in [7, 11) is 1.27. The lowest BCUT2D eigenvalue weighted by atomic mass is 10.2. The molecule has 0 saturated heterocycles. The smallest absolute Gasteiger partial charge is 0.383 e. The van der Waals surface area contributed by atoms with Crippen LogP contribution in [0, 0.1) is 0 Å². The van der Waals surface area contributed by atoms with Crippen LogP contribution in [0.25, 0.3) is 11.0 Å². The molecule has 19 heavy (non-hydrogen) atoms. The summed E-state index contributed by atoms with van der Waals surface area (Å²) in [5, 5.41) is 19.0. The maximum Gasteiger partial charge on any atom is 0.383 e. The van der Waals surface area contributed by atoms with Crippen LogP contribution in [-0.4, -0.2) is 30.5 Å². The van der Waals surface area contributed by atoms with Gasteiger partial charge in [-0.2, -0.15) is 0 Å². The fourth-order valence-corrected chi connectivity index (χ4v) is 1.73. The van der Waals surface area contributed by atoms with E-state index in [0.29, 0.717) is 12.2 Å². The fraction of sp³-hybridized carbons (Fsp3) is 0.308. The molecule has 0 saturated carbocycles. The second kappa shape index (κ2) is 5.62. The molecule has 2 rings (SSSR count). The molecule has 1 heterocycles. The Morgan fingerprint density at radius 1 is 1.37 bits per heavy atom. The number of benzene rings is 1. The van der Waals surface area contributed by atoms with Gasteiger partial charge in [-0.3, -0.25) is 0 Å². The number of rotatable bonds is 5. The lowest BCUT2D eigenvalue weighted by Gasteiger charge is -2.10. The zero-order valence-corrected chi connectivity index (χ0v) is 10.4. The molecule has 6 heteroatoms. The van der Waals surface area contributed by atoms with Crippen LogP contribution in [0.15, 0.2) is 27.4 Å². The van der Waals surface area contributed by atoms with Gasteiger partial charge in [0.15, 0.2) is 5.75 Å². The first-order valence-corrected chi connectivity index (χ1v) is 5.75. The highest BCUT2D eigenvalue weighted by Gasteiger charge is 2.17. The lowest BCUT2D eigenvalue weighted by molar-refractivity contribution is 0.234. The summed E-state index contributed by atoms with van der Waals surface area (Å²) in [6.45, 7) is 0.297. The van der Waals surface area contributed by atoms with E-state index >= 15 is 0 Å². The van der Waals surface area contributed by atoms with Crippen molar-refractivity contribution in [1.82, 2.24) is 0 Å². The van der Waals surface area contributed by atoms with Gasteiger partial charge in [0, 0.05) is 13.0 Å². The quantitative estimate of drug-likeness (QED) is 0.625. The van der Waals surface area contributed by atoms with Crippen LogP contribution >= 0.6 is 0 Å². The number of hydrogen-bond acceptors (Lipinski definition) is 6. The monoisotopic (exact) mass is 266 g/mol. The van der Waals surface area contributed by atoms with Gasteiger partial charge in [0.2, 0.25) is 5.75 Å². The Kier molecular flexibility index (Phi) is 3.91. The summed E-state index contributed by atoms with van der Waals surface area (Å²) in [6.07, 6.45) is 0.463. The van der Waals surface area contributed by atoms with Gasteiger partial charge in [0.25, 0.3) is 0 Å². The van der Waals surface area contributed by atoms with Crippen molar-refractivity contribution in [3.05, 3.63) is 28.6 Å². The van der Waals surface area contributed by atoms with Crippen LogP contribution in [-0.2, 0) is 0 Å². The number of ether oxygens (including phenoxy) is 2. The average molecular weight is 266 g/mol. The molecule has 0 radical (unpaired) electrons. The van der Waals surface area contributed by atoms with Gasteiger partial charge >= 0.3 is 5.63 Å². The van der Waals surface area contributed by atoms with Crippen LogP contribution in [0.1, 0.15) is 6.42 Å². The molecule has 0 aliphatic rings. The summed E-state index contributed by atoms with van der Waals surface area (Å²) >= 11 is 0. The fourth-order valence-electron chi connectivity index (χ4n) is 1.73. The predicted octanol–water partition coefficient (Wildman–Crippen LogP) is 1.27. The molecule has 0 aliphatic carbocycles. The van der Waals surface area contributed by atoms with Crippen molar-refractivity contribution in [3.63, 3.8) is 0 Å². The minimum Gasteiger partial charge on any atom is -0.503 e. The van der Waals surface area contributed by atoms with Crippen LogP contribution in [0.5, 0.6) is 17.2 Å². The number of hydrogen-bond donors (Lipinski definition) is 2. The third kappa shape index (κ3) is 2.48. The Morgan fingerprint density at radius 3 is 2.84 bits per heavy atom. The highest BCUT2D eigenvalue weighted by molar-refractivity contribution is 5.91. The predicted molar refractivity (Wildman–Crippen MR) is 67.9 cm³/mol. The first-order chi connectivity index (χ1) is 9.19. The van der Waals surface area contributed by atoms with Crippen molar-refractivity contribution in [2.24, 2.45) is 0 Å². The number of aliphatic hydroxyl groups excluding tert-OH is 1. The van der Waals surface area contributed by atoms with Crippen molar-refractivity contribution in [2.45, 2.75) is 6.42 Å². The second-order valence-corrected chi connectivity index (χ2v) is 3.83. The molecule has 1 aromatic heterocycles. The molecule has 1 aromatic carbocycles. The topological polar surface area (TPSA) is 89.1 Å². The van der Waals surface area contributed by atoms with E-state index in [0.717, 1.165) is 0 Å². The molecule has 0 amide bonds. The maximum absolute atomic E-state index is 11.5. The first-order valence-electron chi connectivity index (χ1n) is 5.75. The Bertz CT molecular complexity index is 631. The molecule has 2 N–H and O–H groups in total. The van der Waals surface area contributed by atoms with Crippen LogP contribution in [0.2, 0.25) is 0 Å². The molecule has 6 nitrogen and oxygen atoms in total. The Balaban J connectivity index is 2.56. The summed E-state index contributed by atoms with van der Waals surface area (Å²) in [5.41, 5.74) is -0.537. The van der Waals surface area contributed by atoms with Crippen LogP contribution in [0.3, 0.4) is 0 Å². The van der Waals surface area contributed by atoms with Crippen molar-refractivity contribution < 1.29 is 24.1 Å². The standard InChI is InChI=1S/C13H14O6/c1-17-12-11(15)10-8(18-7-3-6-14)4-2-5-9(10)19-13(12)16/h2,4-5,14-15H,3,6-7H2,1H3. The summed E-state index contributed by atoms with van der Waals surface area (Å²) in [5.74, 6) is -0.204. The number of aliphatic hydroxyl groups is 1. The molecular formula is C13H14O6. The van der Waals surface area contributed by atoms with E-state index in [4.69, 9.17) is 19.0 Å². The SMILES string of the molecule is COc1c(O)c2c(OCCCO)cccc2oc1=O. The van der Waals surface area contributed by atoms with Crippen LogP contribution in [0.4, 0.5) is 0 Å². The van der Waals surface area contributed by atoms with Gasteiger partial charge < -0.3 is 24.1 Å². The summed E-state index contributed by atoms with van der Waals surface area (Å²) in [6, 6.07) is 4.83. The second-order valence-electron chi connectivity index (χ2n) is 3.83. The van der Waals surface area contributed by atoms with Crippen molar-refractivity contribution in [3.8, 4) is 17.2 Å². The molecule has 0 unspecified atom stereocenters. The van der Waals surface area contributed by atoms with Gasteiger partial charge in [-0.05, 0) is 12.1 Å². The van der Waals surface area contributed by atoms with Crippen molar-refractivity contribution >= 4 is 11.0 Å². The summed E-state index contributed by atoms with van der Waals surface area (Å²) in [4.78, 5) is 11.5. The van der Waals surface area contributed by atoms with Crippen LogP contribution < -0.4 is 15.1 Å². The van der Waals surface area contributed by atoms with Crippen molar-refractivity contribution in [2.75, 3.05) is 20.3 Å². The minimum atomic E-state index is -0.750. The largest absolute Gasteiger partial charge is 0.503 e.